The Kier molecular flexibility index (Phi) is 4.23. The predicted molar refractivity (Wildman–Crippen MR) is 77.9 cm³/mol. The first-order chi connectivity index (χ1) is 9.47. The molecule has 20 heavy (non-hydrogen) atoms. The van der Waals surface area contributed by atoms with E-state index in [-0.39, 0.29) is 5.91 Å². The molecule has 0 spiro atoms. The van der Waals surface area contributed by atoms with Crippen molar-refractivity contribution in [2.24, 2.45) is 11.7 Å². The second kappa shape index (κ2) is 5.90. The van der Waals surface area contributed by atoms with Gasteiger partial charge in [0.15, 0.2) is 0 Å². The summed E-state index contributed by atoms with van der Waals surface area (Å²) in [7, 11) is 1.76. The Morgan fingerprint density at radius 2 is 2.10 bits per heavy atom. The standard InChI is InChI=1S/C16H20N2O2/c1-11(13-6-7-13)8-15(19)18(2)10-12-4-3-5-14(9-12)16(17)20/h3-5,8-9,13H,6-7,10H2,1-2H3,(H2,17,20)/b11-8+. The number of hydrogen-bond donors (Lipinski definition) is 1. The molecule has 2 amide bonds. The second-order valence-electron chi connectivity index (χ2n) is 5.42. The number of amides is 2. The lowest BCUT2D eigenvalue weighted by Crippen LogP contribution is -2.24. The van der Waals surface area contributed by atoms with Crippen LogP contribution in [0.5, 0.6) is 0 Å². The first kappa shape index (κ1) is 14.3. The number of carbonyl (C=O) groups is 2. The molecule has 1 aliphatic rings. The average Bonchev–Trinajstić information content (AvgIpc) is 3.23. The Labute approximate surface area is 119 Å². The van der Waals surface area contributed by atoms with Crippen molar-refractivity contribution in [2.45, 2.75) is 26.3 Å². The lowest BCUT2D eigenvalue weighted by molar-refractivity contribution is -0.125. The molecule has 1 aromatic rings. The third-order valence-electron chi connectivity index (χ3n) is 3.58. The van der Waals surface area contributed by atoms with Gasteiger partial charge in [0.05, 0.1) is 0 Å². The molecule has 2 N–H and O–H groups in total. The zero-order chi connectivity index (χ0) is 14.7. The summed E-state index contributed by atoms with van der Waals surface area (Å²) >= 11 is 0. The first-order valence-corrected chi connectivity index (χ1v) is 6.79. The molecule has 0 atom stereocenters. The third kappa shape index (κ3) is 3.70. The van der Waals surface area contributed by atoms with E-state index in [0.29, 0.717) is 18.0 Å². The molecule has 0 aromatic heterocycles. The number of benzene rings is 1. The van der Waals surface area contributed by atoms with E-state index in [2.05, 4.69) is 0 Å². The van der Waals surface area contributed by atoms with Crippen molar-refractivity contribution < 1.29 is 9.59 Å². The molecule has 0 aliphatic heterocycles. The summed E-state index contributed by atoms with van der Waals surface area (Å²) in [6, 6.07) is 7.06. The van der Waals surface area contributed by atoms with Gasteiger partial charge in [0.1, 0.15) is 0 Å². The maximum atomic E-state index is 12.1. The van der Waals surface area contributed by atoms with Crippen LogP contribution in [0, 0.1) is 5.92 Å². The molecule has 4 heteroatoms. The maximum absolute atomic E-state index is 12.1. The number of hydrogen-bond acceptors (Lipinski definition) is 2. The van der Waals surface area contributed by atoms with Crippen LogP contribution in [0.4, 0.5) is 0 Å². The van der Waals surface area contributed by atoms with Gasteiger partial charge in [0, 0.05) is 25.2 Å². The fourth-order valence-electron chi connectivity index (χ4n) is 2.14. The monoisotopic (exact) mass is 272 g/mol. The van der Waals surface area contributed by atoms with Crippen molar-refractivity contribution in [3.05, 3.63) is 47.0 Å². The summed E-state index contributed by atoms with van der Waals surface area (Å²) in [5, 5.41) is 0. The normalized spacial score (nSPS) is 15.0. The van der Waals surface area contributed by atoms with Crippen LogP contribution >= 0.6 is 0 Å². The third-order valence-corrected chi connectivity index (χ3v) is 3.58. The van der Waals surface area contributed by atoms with E-state index in [1.165, 1.54) is 12.8 Å². The topological polar surface area (TPSA) is 63.4 Å². The maximum Gasteiger partial charge on any atom is 0.248 e. The largest absolute Gasteiger partial charge is 0.366 e. The van der Waals surface area contributed by atoms with Crippen LogP contribution < -0.4 is 5.73 Å². The number of rotatable bonds is 5. The minimum absolute atomic E-state index is 0.00104. The van der Waals surface area contributed by atoms with E-state index in [9.17, 15) is 9.59 Å². The molecule has 0 unspecified atom stereocenters. The van der Waals surface area contributed by atoms with E-state index in [1.807, 2.05) is 13.0 Å². The lowest BCUT2D eigenvalue weighted by atomic mass is 10.1. The fraction of sp³-hybridized carbons (Fsp3) is 0.375. The molecule has 106 valence electrons. The Bertz CT molecular complexity index is 559. The van der Waals surface area contributed by atoms with Gasteiger partial charge >= 0.3 is 0 Å². The van der Waals surface area contributed by atoms with E-state index in [1.54, 1.807) is 36.2 Å². The fourth-order valence-corrected chi connectivity index (χ4v) is 2.14. The number of allylic oxidation sites excluding steroid dienone is 1. The highest BCUT2D eigenvalue weighted by molar-refractivity contribution is 5.93. The van der Waals surface area contributed by atoms with Crippen LogP contribution in [-0.2, 0) is 11.3 Å². The number of primary amides is 1. The minimum atomic E-state index is -0.453. The van der Waals surface area contributed by atoms with Crippen LogP contribution in [0.2, 0.25) is 0 Å². The van der Waals surface area contributed by atoms with Gasteiger partial charge in [-0.1, -0.05) is 17.7 Å². The van der Waals surface area contributed by atoms with Crippen molar-refractivity contribution in [2.75, 3.05) is 7.05 Å². The summed E-state index contributed by atoms with van der Waals surface area (Å²) in [5.74, 6) is 0.148. The van der Waals surface area contributed by atoms with Crippen molar-refractivity contribution >= 4 is 11.8 Å². The smallest absolute Gasteiger partial charge is 0.248 e. The zero-order valence-corrected chi connectivity index (χ0v) is 11.9. The summed E-state index contributed by atoms with van der Waals surface area (Å²) < 4.78 is 0. The van der Waals surface area contributed by atoms with Crippen LogP contribution in [-0.4, -0.2) is 23.8 Å². The highest BCUT2D eigenvalue weighted by atomic mass is 16.2. The minimum Gasteiger partial charge on any atom is -0.366 e. The van der Waals surface area contributed by atoms with Gasteiger partial charge < -0.3 is 10.6 Å². The summed E-state index contributed by atoms with van der Waals surface area (Å²) in [6.45, 7) is 2.48. The van der Waals surface area contributed by atoms with Crippen LogP contribution in [0.3, 0.4) is 0 Å². The van der Waals surface area contributed by atoms with Gasteiger partial charge in [-0.25, -0.2) is 0 Å². The Morgan fingerprint density at radius 1 is 1.40 bits per heavy atom. The van der Waals surface area contributed by atoms with Gasteiger partial charge in [0.2, 0.25) is 11.8 Å². The molecule has 1 saturated carbocycles. The molecule has 0 bridgehead atoms. The van der Waals surface area contributed by atoms with Crippen molar-refractivity contribution in [1.29, 1.82) is 0 Å². The van der Waals surface area contributed by atoms with E-state index < -0.39 is 5.91 Å². The van der Waals surface area contributed by atoms with E-state index >= 15 is 0 Å². The summed E-state index contributed by atoms with van der Waals surface area (Å²) in [5.41, 5.74) is 7.77. The second-order valence-corrected chi connectivity index (χ2v) is 5.42. The van der Waals surface area contributed by atoms with Gasteiger partial charge in [0.25, 0.3) is 0 Å². The van der Waals surface area contributed by atoms with Gasteiger partial charge in [-0.05, 0) is 43.4 Å². The highest BCUT2D eigenvalue weighted by Crippen LogP contribution is 2.35. The average molecular weight is 272 g/mol. The SMILES string of the molecule is C/C(=C\C(=O)N(C)Cc1cccc(C(N)=O)c1)C1CC1. The van der Waals surface area contributed by atoms with Gasteiger partial charge in [-0.15, -0.1) is 0 Å². The molecular weight excluding hydrogens is 252 g/mol. The predicted octanol–water partition coefficient (Wildman–Crippen LogP) is 2.10. The summed E-state index contributed by atoms with van der Waals surface area (Å²) in [4.78, 5) is 24.8. The highest BCUT2D eigenvalue weighted by Gasteiger charge is 2.23. The summed E-state index contributed by atoms with van der Waals surface area (Å²) in [6.07, 6.45) is 4.11. The Hall–Kier alpha value is -2.10. The number of likely N-dealkylation sites (N-methyl/N-ethyl adjacent to an activating group) is 1. The molecule has 0 heterocycles. The zero-order valence-electron chi connectivity index (χ0n) is 11.9. The van der Waals surface area contributed by atoms with Gasteiger partial charge in [-0.2, -0.15) is 0 Å². The van der Waals surface area contributed by atoms with E-state index in [0.717, 1.165) is 11.1 Å². The van der Waals surface area contributed by atoms with Crippen molar-refractivity contribution in [3.8, 4) is 0 Å². The molecule has 1 aliphatic carbocycles. The molecule has 1 fully saturated rings. The Morgan fingerprint density at radius 3 is 2.70 bits per heavy atom. The first-order valence-electron chi connectivity index (χ1n) is 6.79. The molecule has 4 nitrogen and oxygen atoms in total. The van der Waals surface area contributed by atoms with Crippen molar-refractivity contribution in [3.63, 3.8) is 0 Å². The van der Waals surface area contributed by atoms with Crippen LogP contribution in [0.25, 0.3) is 0 Å². The van der Waals surface area contributed by atoms with Crippen LogP contribution in [0.1, 0.15) is 35.7 Å². The lowest BCUT2D eigenvalue weighted by Gasteiger charge is -2.16. The quantitative estimate of drug-likeness (QED) is 0.834. The van der Waals surface area contributed by atoms with E-state index in [4.69, 9.17) is 5.73 Å². The molecule has 0 radical (unpaired) electrons. The molecular formula is C16H20N2O2. The molecule has 0 saturated heterocycles. The number of nitrogens with two attached hydrogens (primary N) is 1. The molecule has 1 aromatic carbocycles. The number of nitrogens with zero attached hydrogens (tertiary/aromatic N) is 1. The van der Waals surface area contributed by atoms with Crippen molar-refractivity contribution in [1.82, 2.24) is 4.90 Å². The Balaban J connectivity index is 2.01. The molecule has 2 rings (SSSR count). The van der Waals surface area contributed by atoms with Gasteiger partial charge in [-0.3, -0.25) is 9.59 Å². The van der Waals surface area contributed by atoms with Crippen LogP contribution in [0.15, 0.2) is 35.9 Å². The number of carbonyl (C=O) groups excluding carboxylic acids is 2.